The van der Waals surface area contributed by atoms with Gasteiger partial charge in [0.2, 0.25) is 0 Å². The van der Waals surface area contributed by atoms with E-state index < -0.39 is 29.1 Å². The molecule has 0 bridgehead atoms. The number of imide groups is 1. The molecule has 5 nitrogen and oxygen atoms in total. The summed E-state index contributed by atoms with van der Waals surface area (Å²) in [6, 6.07) is 1.77. The second-order valence-corrected chi connectivity index (χ2v) is 4.21. The number of nitrogens with one attached hydrogen (secondary N) is 1. The third kappa shape index (κ3) is 3.40. The predicted molar refractivity (Wildman–Crippen MR) is 64.8 cm³/mol. The highest BCUT2D eigenvalue weighted by molar-refractivity contribution is 6.29. The first-order valence-corrected chi connectivity index (χ1v) is 5.78. The first-order chi connectivity index (χ1) is 9.79. The van der Waals surface area contributed by atoms with Gasteiger partial charge in [-0.25, -0.2) is 0 Å². The minimum atomic E-state index is -4.74. The van der Waals surface area contributed by atoms with Crippen LogP contribution in [0.4, 0.5) is 13.2 Å². The number of aromatic nitrogens is 1. The van der Waals surface area contributed by atoms with Crippen LogP contribution < -0.4 is 5.32 Å². The van der Waals surface area contributed by atoms with E-state index in [1.54, 1.807) is 5.32 Å². The molecule has 0 radical (unpaired) electrons. The summed E-state index contributed by atoms with van der Waals surface area (Å²) >= 11 is 5.45. The molecule has 2 heterocycles. The maximum atomic E-state index is 12.7. The Hall–Kier alpha value is -2.35. The highest BCUT2D eigenvalue weighted by Gasteiger charge is 2.35. The van der Waals surface area contributed by atoms with Gasteiger partial charge in [0, 0.05) is 18.5 Å². The van der Waals surface area contributed by atoms with Crippen molar-refractivity contribution in [2.75, 3.05) is 0 Å². The van der Waals surface area contributed by atoms with Gasteiger partial charge in [-0.3, -0.25) is 19.9 Å². The van der Waals surface area contributed by atoms with Gasteiger partial charge in [-0.1, -0.05) is 0 Å². The summed E-state index contributed by atoms with van der Waals surface area (Å²) in [7, 11) is 0. The number of hydrogen-bond acceptors (Lipinski definition) is 4. The number of carbonyl (C=O) groups is 2. The van der Waals surface area contributed by atoms with Gasteiger partial charge in [0.05, 0.1) is 16.7 Å². The van der Waals surface area contributed by atoms with Gasteiger partial charge in [-0.2, -0.15) is 13.2 Å². The van der Waals surface area contributed by atoms with Crippen molar-refractivity contribution in [2.45, 2.75) is 6.18 Å². The molecule has 0 spiro atoms. The lowest BCUT2D eigenvalue weighted by molar-refractivity contribution is -0.138. The molecule has 0 saturated carbocycles. The molecule has 9 heteroatoms. The van der Waals surface area contributed by atoms with E-state index in [0.29, 0.717) is 6.07 Å². The molecule has 0 aromatic carbocycles. The largest absolute Gasteiger partial charge is 0.452 e. The predicted octanol–water partition coefficient (Wildman–Crippen LogP) is 2.92. The third-order valence-electron chi connectivity index (χ3n) is 2.43. The molecule has 0 aliphatic heterocycles. The molecule has 1 N–H and O–H groups in total. The molecule has 2 aromatic heterocycles. The van der Waals surface area contributed by atoms with E-state index in [-0.39, 0.29) is 10.8 Å². The summed E-state index contributed by atoms with van der Waals surface area (Å²) in [5.74, 6) is -2.16. The van der Waals surface area contributed by atoms with Crippen LogP contribution in [-0.2, 0) is 6.18 Å². The van der Waals surface area contributed by atoms with Gasteiger partial charge in [0.15, 0.2) is 5.22 Å². The molecule has 0 fully saturated rings. The van der Waals surface area contributed by atoms with E-state index in [1.807, 2.05) is 0 Å². The lowest BCUT2D eigenvalue weighted by atomic mass is 10.1. The SMILES string of the molecule is O=C(NC(=O)c1cnccc1C(F)(F)F)c1coc(Cl)c1. The smallest absolute Gasteiger partial charge is 0.417 e. The summed E-state index contributed by atoms with van der Waals surface area (Å²) in [5.41, 5.74) is -2.04. The topological polar surface area (TPSA) is 72.2 Å². The van der Waals surface area contributed by atoms with Crippen molar-refractivity contribution >= 4 is 23.4 Å². The fourth-order valence-corrected chi connectivity index (χ4v) is 1.66. The normalized spacial score (nSPS) is 11.2. The number of furan rings is 1. The second kappa shape index (κ2) is 5.57. The third-order valence-corrected chi connectivity index (χ3v) is 2.63. The van der Waals surface area contributed by atoms with Crippen LogP contribution >= 0.6 is 11.6 Å². The monoisotopic (exact) mass is 318 g/mol. The fraction of sp³-hybridized carbons (Fsp3) is 0.0833. The standard InChI is InChI=1S/C12H6ClF3N2O3/c13-9-3-6(5-21-9)10(19)18-11(20)7-4-17-2-1-8(7)12(14,15)16/h1-5H,(H,18,19,20). The Morgan fingerprint density at radius 1 is 1.29 bits per heavy atom. The number of carbonyl (C=O) groups excluding carboxylic acids is 2. The number of rotatable bonds is 2. The molecule has 0 atom stereocenters. The van der Waals surface area contributed by atoms with Crippen LogP contribution in [0.2, 0.25) is 5.22 Å². The van der Waals surface area contributed by atoms with Crippen molar-refractivity contribution in [1.82, 2.24) is 10.3 Å². The average Bonchev–Trinajstić information content (AvgIpc) is 2.84. The Labute approximate surface area is 120 Å². The first-order valence-electron chi connectivity index (χ1n) is 5.40. The van der Waals surface area contributed by atoms with E-state index in [1.165, 1.54) is 0 Å². The number of halogens is 4. The van der Waals surface area contributed by atoms with E-state index >= 15 is 0 Å². The zero-order chi connectivity index (χ0) is 15.6. The van der Waals surface area contributed by atoms with Crippen molar-refractivity contribution in [1.29, 1.82) is 0 Å². The molecule has 110 valence electrons. The molecule has 2 rings (SSSR count). The number of nitrogens with zero attached hydrogens (tertiary/aromatic N) is 1. The van der Waals surface area contributed by atoms with Crippen LogP contribution in [0.15, 0.2) is 35.2 Å². The highest BCUT2D eigenvalue weighted by atomic mass is 35.5. The molecule has 0 unspecified atom stereocenters. The van der Waals surface area contributed by atoms with Gasteiger partial charge in [0.25, 0.3) is 11.8 Å². The molecule has 0 aliphatic carbocycles. The summed E-state index contributed by atoms with van der Waals surface area (Å²) in [6.07, 6.45) is -2.14. The van der Waals surface area contributed by atoms with Gasteiger partial charge in [0.1, 0.15) is 6.26 Å². The van der Waals surface area contributed by atoms with E-state index in [4.69, 9.17) is 11.6 Å². The molecule has 21 heavy (non-hydrogen) atoms. The highest BCUT2D eigenvalue weighted by Crippen LogP contribution is 2.31. The van der Waals surface area contributed by atoms with E-state index in [2.05, 4.69) is 9.40 Å². The van der Waals surface area contributed by atoms with Crippen molar-refractivity contribution in [2.24, 2.45) is 0 Å². The molecular formula is C12H6ClF3N2O3. The summed E-state index contributed by atoms with van der Waals surface area (Å²) in [4.78, 5) is 26.9. The summed E-state index contributed by atoms with van der Waals surface area (Å²) in [5, 5.41) is 1.71. The molecule has 0 aliphatic rings. The number of alkyl halides is 3. The minimum Gasteiger partial charge on any atom is -0.452 e. The quantitative estimate of drug-likeness (QED) is 0.864. The van der Waals surface area contributed by atoms with Crippen molar-refractivity contribution in [3.63, 3.8) is 0 Å². The Bertz CT molecular complexity index is 697. The number of hydrogen-bond donors (Lipinski definition) is 1. The zero-order valence-corrected chi connectivity index (χ0v) is 10.8. The molecule has 0 saturated heterocycles. The van der Waals surface area contributed by atoms with E-state index in [9.17, 15) is 22.8 Å². The van der Waals surface area contributed by atoms with E-state index in [0.717, 1.165) is 24.7 Å². The van der Waals surface area contributed by atoms with Crippen molar-refractivity contribution in [3.8, 4) is 0 Å². The van der Waals surface area contributed by atoms with Crippen LogP contribution in [0.5, 0.6) is 0 Å². The average molecular weight is 319 g/mol. The van der Waals surface area contributed by atoms with Gasteiger partial charge >= 0.3 is 6.18 Å². The molecular weight excluding hydrogens is 313 g/mol. The van der Waals surface area contributed by atoms with Gasteiger partial charge in [-0.05, 0) is 17.7 Å². The van der Waals surface area contributed by atoms with Crippen molar-refractivity contribution < 1.29 is 27.2 Å². The molecule has 2 aromatic rings. The first kappa shape index (κ1) is 15.0. The van der Waals surface area contributed by atoms with Gasteiger partial charge < -0.3 is 4.42 Å². The Kier molecular flexibility index (Phi) is 3.99. The van der Waals surface area contributed by atoms with Gasteiger partial charge in [-0.15, -0.1) is 0 Å². The summed E-state index contributed by atoms with van der Waals surface area (Å²) in [6.45, 7) is 0. The summed E-state index contributed by atoms with van der Waals surface area (Å²) < 4.78 is 42.9. The fourth-order valence-electron chi connectivity index (χ4n) is 1.49. The number of pyridine rings is 1. The maximum Gasteiger partial charge on any atom is 0.417 e. The Morgan fingerprint density at radius 2 is 2.00 bits per heavy atom. The van der Waals surface area contributed by atoms with Crippen LogP contribution in [0.1, 0.15) is 26.3 Å². The van der Waals surface area contributed by atoms with Crippen LogP contribution in [0, 0.1) is 0 Å². The Balaban J connectivity index is 2.24. The lowest BCUT2D eigenvalue weighted by Crippen LogP contribution is -2.32. The van der Waals surface area contributed by atoms with Crippen LogP contribution in [0.25, 0.3) is 0 Å². The minimum absolute atomic E-state index is 0.0919. The zero-order valence-electron chi connectivity index (χ0n) is 10.1. The lowest BCUT2D eigenvalue weighted by Gasteiger charge is -2.11. The molecule has 2 amide bonds. The van der Waals surface area contributed by atoms with Crippen LogP contribution in [-0.4, -0.2) is 16.8 Å². The van der Waals surface area contributed by atoms with Crippen LogP contribution in [0.3, 0.4) is 0 Å². The second-order valence-electron chi connectivity index (χ2n) is 3.84. The Morgan fingerprint density at radius 3 is 2.57 bits per heavy atom. The van der Waals surface area contributed by atoms with Crippen molar-refractivity contribution in [3.05, 3.63) is 52.7 Å². The maximum absolute atomic E-state index is 12.7. The number of amides is 2.